The Morgan fingerprint density at radius 3 is 2.42 bits per heavy atom. The third-order valence-electron chi connectivity index (χ3n) is 3.68. The minimum Gasteiger partial charge on any atom is -0.388 e. The molecule has 2 N–H and O–H groups in total. The molecule has 1 rings (SSSR count). The molecule has 0 bridgehead atoms. The Kier molecular flexibility index (Phi) is 7.29. The number of aliphatic hydroxyl groups is 1. The van der Waals surface area contributed by atoms with Crippen LogP contribution in [0.5, 0.6) is 0 Å². The molecular weight excluding hydrogens is 240 g/mol. The minimum atomic E-state index is -0.663. The maximum Gasteiger partial charge on any atom is 0.0869 e. The summed E-state index contributed by atoms with van der Waals surface area (Å²) in [5.74, 6) is 0.748. The van der Waals surface area contributed by atoms with E-state index in [0.717, 1.165) is 38.8 Å². The van der Waals surface area contributed by atoms with Gasteiger partial charge in [-0.2, -0.15) is 0 Å². The number of nitrogens with one attached hydrogen (secondary N) is 1. The van der Waals surface area contributed by atoms with Crippen molar-refractivity contribution in [3.8, 4) is 0 Å². The number of hydrogen-bond acceptors (Lipinski definition) is 4. The van der Waals surface area contributed by atoms with Crippen LogP contribution in [0.3, 0.4) is 0 Å². The maximum atomic E-state index is 10.4. The lowest BCUT2D eigenvalue weighted by atomic mass is 10.0. The lowest BCUT2D eigenvalue weighted by Gasteiger charge is -2.34. The molecule has 1 fully saturated rings. The van der Waals surface area contributed by atoms with E-state index in [2.05, 4.69) is 31.0 Å². The second kappa shape index (κ2) is 8.20. The molecule has 4 nitrogen and oxygen atoms in total. The van der Waals surface area contributed by atoms with Crippen molar-refractivity contribution < 1.29 is 9.84 Å². The number of hydrogen-bond donors (Lipinski definition) is 2. The Labute approximate surface area is 118 Å². The zero-order valence-corrected chi connectivity index (χ0v) is 13.1. The Morgan fingerprint density at radius 2 is 1.84 bits per heavy atom. The van der Waals surface area contributed by atoms with Crippen molar-refractivity contribution in [1.29, 1.82) is 0 Å². The third kappa shape index (κ3) is 7.88. The molecule has 1 aliphatic heterocycles. The van der Waals surface area contributed by atoms with Crippen molar-refractivity contribution in [2.45, 2.75) is 52.2 Å². The van der Waals surface area contributed by atoms with E-state index in [1.165, 1.54) is 12.8 Å². The molecule has 19 heavy (non-hydrogen) atoms. The van der Waals surface area contributed by atoms with Crippen LogP contribution in [-0.4, -0.2) is 61.0 Å². The highest BCUT2D eigenvalue weighted by molar-refractivity contribution is 4.82. The Balaban J connectivity index is 2.21. The third-order valence-corrected chi connectivity index (χ3v) is 3.68. The molecule has 1 heterocycles. The minimum absolute atomic E-state index is 0.471. The van der Waals surface area contributed by atoms with Crippen LogP contribution >= 0.6 is 0 Å². The predicted octanol–water partition coefficient (Wildman–Crippen LogP) is 1.48. The quantitative estimate of drug-likeness (QED) is 0.702. The van der Waals surface area contributed by atoms with Crippen LogP contribution in [-0.2, 0) is 4.74 Å². The second-order valence-corrected chi connectivity index (χ2v) is 6.64. The van der Waals surface area contributed by atoms with Crippen molar-refractivity contribution in [3.05, 3.63) is 0 Å². The van der Waals surface area contributed by atoms with E-state index in [1.807, 2.05) is 6.92 Å². The van der Waals surface area contributed by atoms with Crippen LogP contribution in [0.15, 0.2) is 0 Å². The Hall–Kier alpha value is -0.160. The average Bonchev–Trinajstić information content (AvgIpc) is 2.34. The Morgan fingerprint density at radius 1 is 1.21 bits per heavy atom. The van der Waals surface area contributed by atoms with E-state index in [-0.39, 0.29) is 0 Å². The fraction of sp³-hybridized carbons (Fsp3) is 1.00. The average molecular weight is 272 g/mol. The number of rotatable bonds is 8. The van der Waals surface area contributed by atoms with E-state index < -0.39 is 5.60 Å². The highest BCUT2D eigenvalue weighted by Crippen LogP contribution is 2.10. The Bertz CT molecular complexity index is 238. The van der Waals surface area contributed by atoms with Crippen molar-refractivity contribution in [2.24, 2.45) is 5.92 Å². The molecule has 0 aromatic rings. The van der Waals surface area contributed by atoms with Crippen molar-refractivity contribution in [2.75, 3.05) is 39.4 Å². The van der Waals surface area contributed by atoms with Gasteiger partial charge in [-0.05, 0) is 32.6 Å². The van der Waals surface area contributed by atoms with E-state index in [1.54, 1.807) is 0 Å². The summed E-state index contributed by atoms with van der Waals surface area (Å²) in [6, 6.07) is 0.471. The summed E-state index contributed by atoms with van der Waals surface area (Å²) in [7, 11) is 0. The van der Waals surface area contributed by atoms with Crippen LogP contribution in [0.2, 0.25) is 0 Å². The van der Waals surface area contributed by atoms with Gasteiger partial charge in [-0.3, -0.25) is 4.90 Å². The van der Waals surface area contributed by atoms with Crippen LogP contribution in [0.25, 0.3) is 0 Å². The molecule has 114 valence electrons. The number of ether oxygens (including phenoxy) is 1. The van der Waals surface area contributed by atoms with Gasteiger partial charge in [0.05, 0.1) is 18.8 Å². The first-order valence-corrected chi connectivity index (χ1v) is 7.65. The largest absolute Gasteiger partial charge is 0.388 e. The summed E-state index contributed by atoms with van der Waals surface area (Å²) in [5, 5.41) is 13.9. The summed E-state index contributed by atoms with van der Waals surface area (Å²) in [6.07, 6.45) is 2.41. The predicted molar refractivity (Wildman–Crippen MR) is 79.4 cm³/mol. The van der Waals surface area contributed by atoms with Gasteiger partial charge in [-0.25, -0.2) is 0 Å². The van der Waals surface area contributed by atoms with Crippen LogP contribution in [0, 0.1) is 5.92 Å². The van der Waals surface area contributed by atoms with Gasteiger partial charge >= 0.3 is 0 Å². The fourth-order valence-corrected chi connectivity index (χ4v) is 2.38. The van der Waals surface area contributed by atoms with Gasteiger partial charge in [-0.15, -0.1) is 0 Å². The summed E-state index contributed by atoms with van der Waals surface area (Å²) in [6.45, 7) is 13.4. The molecule has 1 saturated heterocycles. The maximum absolute atomic E-state index is 10.4. The molecule has 0 aromatic carbocycles. The van der Waals surface area contributed by atoms with Crippen molar-refractivity contribution >= 4 is 0 Å². The lowest BCUT2D eigenvalue weighted by molar-refractivity contribution is -0.0228. The van der Waals surface area contributed by atoms with Gasteiger partial charge in [0.25, 0.3) is 0 Å². The normalized spacial score (nSPS) is 22.4. The second-order valence-electron chi connectivity index (χ2n) is 6.64. The zero-order chi connectivity index (χ0) is 14.3. The van der Waals surface area contributed by atoms with E-state index in [0.29, 0.717) is 12.6 Å². The highest BCUT2D eigenvalue weighted by atomic mass is 16.5. The summed E-state index contributed by atoms with van der Waals surface area (Å²) in [5.41, 5.74) is -0.663. The fourth-order valence-electron chi connectivity index (χ4n) is 2.38. The van der Waals surface area contributed by atoms with Gasteiger partial charge in [0.2, 0.25) is 0 Å². The van der Waals surface area contributed by atoms with Crippen LogP contribution in [0.1, 0.15) is 40.5 Å². The molecule has 2 unspecified atom stereocenters. The monoisotopic (exact) mass is 272 g/mol. The van der Waals surface area contributed by atoms with E-state index >= 15 is 0 Å². The molecule has 0 radical (unpaired) electrons. The first-order chi connectivity index (χ1) is 8.89. The first-order valence-electron chi connectivity index (χ1n) is 7.65. The van der Waals surface area contributed by atoms with Gasteiger partial charge in [0, 0.05) is 32.2 Å². The smallest absolute Gasteiger partial charge is 0.0869 e. The van der Waals surface area contributed by atoms with Crippen LogP contribution in [0.4, 0.5) is 0 Å². The molecule has 0 saturated carbocycles. The van der Waals surface area contributed by atoms with E-state index in [9.17, 15) is 5.11 Å². The molecule has 0 spiro atoms. The molecular formula is C15H32N2O2. The number of β-amino-alcohol motifs (C(OH)–C–C–N with tert-alkyl or cyclic N) is 1. The van der Waals surface area contributed by atoms with Crippen molar-refractivity contribution in [3.63, 3.8) is 0 Å². The lowest BCUT2D eigenvalue weighted by Crippen LogP contribution is -2.51. The summed E-state index contributed by atoms with van der Waals surface area (Å²) < 4.78 is 5.33. The van der Waals surface area contributed by atoms with Gasteiger partial charge in [-0.1, -0.05) is 13.8 Å². The molecule has 1 aliphatic rings. The van der Waals surface area contributed by atoms with E-state index in [4.69, 9.17) is 4.74 Å². The van der Waals surface area contributed by atoms with Gasteiger partial charge in [0.1, 0.15) is 0 Å². The van der Waals surface area contributed by atoms with Crippen molar-refractivity contribution in [1.82, 2.24) is 10.2 Å². The SMILES string of the molecule is CC(C)CCC(C)NCC(C)(O)CN1CCOCC1. The standard InChI is InChI=1S/C15H32N2O2/c1-13(2)5-6-14(3)16-11-15(4,18)12-17-7-9-19-10-8-17/h13-14,16,18H,5-12H2,1-4H3. The zero-order valence-electron chi connectivity index (χ0n) is 13.1. The highest BCUT2D eigenvalue weighted by Gasteiger charge is 2.25. The molecule has 0 amide bonds. The van der Waals surface area contributed by atoms with Gasteiger partial charge < -0.3 is 15.2 Å². The molecule has 4 heteroatoms. The molecule has 0 aliphatic carbocycles. The van der Waals surface area contributed by atoms with Gasteiger partial charge in [0.15, 0.2) is 0 Å². The molecule has 0 aromatic heterocycles. The number of morpholine rings is 1. The first kappa shape index (κ1) is 16.9. The summed E-state index contributed by atoms with van der Waals surface area (Å²) >= 11 is 0. The van der Waals surface area contributed by atoms with Crippen LogP contribution < -0.4 is 5.32 Å². The topological polar surface area (TPSA) is 44.7 Å². The molecule has 2 atom stereocenters. The summed E-state index contributed by atoms with van der Waals surface area (Å²) in [4.78, 5) is 2.28. The number of nitrogens with zero attached hydrogens (tertiary/aromatic N) is 1.